The monoisotopic (exact) mass is 539 g/mol. The largest absolute Gasteiger partial charge is 0.350 e. The number of amides is 1. The lowest BCUT2D eigenvalue weighted by Crippen LogP contribution is -2.63. The average molecular weight is 540 g/mol. The number of rotatable bonds is 7. The topological polar surface area (TPSA) is 109 Å². The van der Waals surface area contributed by atoms with Crippen LogP contribution < -0.4 is 4.90 Å². The molecular formula is C26H23F2N5O4S. The minimum atomic E-state index is -3.95. The minimum absolute atomic E-state index is 0.0279. The predicted octanol–water partition coefficient (Wildman–Crippen LogP) is 3.17. The van der Waals surface area contributed by atoms with Gasteiger partial charge >= 0.3 is 0 Å². The summed E-state index contributed by atoms with van der Waals surface area (Å²) in [6.07, 6.45) is 3.19. The Balaban J connectivity index is 1.61. The number of hydrogen-bond acceptors (Lipinski definition) is 7. The highest BCUT2D eigenvalue weighted by Crippen LogP contribution is 2.43. The quantitative estimate of drug-likeness (QED) is 0.384. The van der Waals surface area contributed by atoms with Gasteiger partial charge in [0.05, 0.1) is 26.6 Å². The summed E-state index contributed by atoms with van der Waals surface area (Å²) in [5.74, 6) is -4.95. The molecule has 1 N–H and O–H groups in total. The van der Waals surface area contributed by atoms with E-state index in [0.717, 1.165) is 17.0 Å². The van der Waals surface area contributed by atoms with E-state index in [-0.39, 0.29) is 33.2 Å². The third kappa shape index (κ3) is 4.21. The molecule has 4 aromatic rings. The molecule has 1 atom stereocenters. The normalized spacial score (nSPS) is 17.5. The summed E-state index contributed by atoms with van der Waals surface area (Å²) < 4.78 is 56.9. The maximum absolute atomic E-state index is 15.1. The molecule has 3 aromatic carbocycles. The fourth-order valence-electron chi connectivity index (χ4n) is 4.59. The van der Waals surface area contributed by atoms with Gasteiger partial charge in [-0.2, -0.15) is 5.10 Å². The van der Waals surface area contributed by atoms with E-state index in [9.17, 15) is 22.7 Å². The summed E-state index contributed by atoms with van der Waals surface area (Å²) in [5, 5.41) is 16.0. The number of carbonyl (C=O) groups excluding carboxylic acids is 1. The molecule has 0 radical (unpaired) electrons. The van der Waals surface area contributed by atoms with Crippen molar-refractivity contribution in [2.45, 2.75) is 28.6 Å². The second kappa shape index (κ2) is 9.62. The van der Waals surface area contributed by atoms with Crippen molar-refractivity contribution in [1.82, 2.24) is 19.7 Å². The van der Waals surface area contributed by atoms with Gasteiger partial charge in [-0.25, -0.2) is 22.2 Å². The van der Waals surface area contributed by atoms with Gasteiger partial charge in [-0.3, -0.25) is 14.4 Å². The molecule has 0 aliphatic carbocycles. The van der Waals surface area contributed by atoms with Gasteiger partial charge in [-0.1, -0.05) is 18.2 Å². The van der Waals surface area contributed by atoms with Gasteiger partial charge in [0.2, 0.25) is 9.84 Å². The number of aliphatic hydroxyl groups is 1. The van der Waals surface area contributed by atoms with Crippen molar-refractivity contribution >= 4 is 21.4 Å². The summed E-state index contributed by atoms with van der Waals surface area (Å²) in [6.45, 7) is 0.330. The van der Waals surface area contributed by atoms with E-state index in [1.165, 1.54) is 54.9 Å². The van der Waals surface area contributed by atoms with Crippen LogP contribution in [0, 0.1) is 11.6 Å². The molecule has 0 bridgehead atoms. The average Bonchev–Trinajstić information content (AvgIpc) is 3.43. The standard InChI is InChI=1S/C26H23F2N5O4S/c1-31-24-15-20(38(36,37)19-6-3-2-4-7-19)9-10-21(24)25(34)33(13-5-12-32-17-29-16-30-32)26(31,35)22-11-8-18(27)14-23(22)28/h2-4,6-11,14-17,35H,5,12-13H2,1H3. The number of aryl methyl sites for hydroxylation is 1. The van der Waals surface area contributed by atoms with Crippen molar-refractivity contribution in [3.8, 4) is 0 Å². The molecule has 1 aliphatic heterocycles. The number of carbonyl (C=O) groups is 1. The van der Waals surface area contributed by atoms with Gasteiger partial charge in [0.15, 0.2) is 0 Å². The molecule has 0 fully saturated rings. The molecule has 1 unspecified atom stereocenters. The summed E-state index contributed by atoms with van der Waals surface area (Å²) in [5.41, 5.74) is -0.171. The van der Waals surface area contributed by atoms with E-state index in [1.807, 2.05) is 0 Å². The highest BCUT2D eigenvalue weighted by atomic mass is 32.2. The molecule has 0 saturated carbocycles. The Morgan fingerprint density at radius 1 is 0.974 bits per heavy atom. The van der Waals surface area contributed by atoms with E-state index in [2.05, 4.69) is 10.1 Å². The highest BCUT2D eigenvalue weighted by molar-refractivity contribution is 7.91. The number of benzene rings is 3. The van der Waals surface area contributed by atoms with Crippen molar-refractivity contribution in [3.05, 3.63) is 102 Å². The molecule has 0 spiro atoms. The zero-order valence-corrected chi connectivity index (χ0v) is 21.0. The number of halogens is 2. The Kier molecular flexibility index (Phi) is 6.45. The van der Waals surface area contributed by atoms with Gasteiger partial charge in [0.25, 0.3) is 11.8 Å². The van der Waals surface area contributed by atoms with Crippen LogP contribution in [-0.2, 0) is 22.2 Å². The summed E-state index contributed by atoms with van der Waals surface area (Å²) >= 11 is 0. The second-order valence-corrected chi connectivity index (χ2v) is 10.7. The van der Waals surface area contributed by atoms with Crippen molar-refractivity contribution in [2.75, 3.05) is 18.5 Å². The van der Waals surface area contributed by atoms with E-state index < -0.39 is 33.2 Å². The fraction of sp³-hybridized carbons (Fsp3) is 0.192. The Hall–Kier alpha value is -4.16. The van der Waals surface area contributed by atoms with Crippen LogP contribution in [0.4, 0.5) is 14.5 Å². The highest BCUT2D eigenvalue weighted by Gasteiger charge is 2.50. The first-order chi connectivity index (χ1) is 18.1. The lowest BCUT2D eigenvalue weighted by Gasteiger charge is -2.50. The number of sulfone groups is 1. The maximum atomic E-state index is 15.1. The maximum Gasteiger partial charge on any atom is 0.259 e. The predicted molar refractivity (Wildman–Crippen MR) is 133 cm³/mol. The van der Waals surface area contributed by atoms with Crippen LogP contribution in [0.3, 0.4) is 0 Å². The SMILES string of the molecule is CN1c2cc(S(=O)(=O)c3ccccc3)ccc2C(=O)N(CCCn2cncn2)C1(O)c1ccc(F)cc1F. The molecule has 1 aliphatic rings. The molecule has 38 heavy (non-hydrogen) atoms. The van der Waals surface area contributed by atoms with Crippen molar-refractivity contribution in [3.63, 3.8) is 0 Å². The van der Waals surface area contributed by atoms with Gasteiger partial charge in [0, 0.05) is 26.2 Å². The van der Waals surface area contributed by atoms with Gasteiger partial charge in [0.1, 0.15) is 24.3 Å². The third-order valence-corrected chi connectivity index (χ3v) is 8.31. The minimum Gasteiger partial charge on any atom is -0.350 e. The molecule has 0 saturated heterocycles. The van der Waals surface area contributed by atoms with Crippen LogP contribution in [0.1, 0.15) is 22.3 Å². The molecule has 1 aromatic heterocycles. The zero-order valence-electron chi connectivity index (χ0n) is 20.2. The van der Waals surface area contributed by atoms with Crippen molar-refractivity contribution in [2.24, 2.45) is 0 Å². The smallest absolute Gasteiger partial charge is 0.259 e. The number of fused-ring (bicyclic) bond motifs is 1. The number of anilines is 1. The Morgan fingerprint density at radius 3 is 2.42 bits per heavy atom. The Labute approximate surface area is 217 Å². The summed E-state index contributed by atoms with van der Waals surface area (Å²) in [7, 11) is -2.54. The number of aromatic nitrogens is 3. The van der Waals surface area contributed by atoms with Crippen LogP contribution >= 0.6 is 0 Å². The molecule has 12 heteroatoms. The molecule has 1 amide bonds. The van der Waals surface area contributed by atoms with Gasteiger partial charge < -0.3 is 10.0 Å². The van der Waals surface area contributed by atoms with Crippen LogP contribution in [0.5, 0.6) is 0 Å². The fourth-order valence-corrected chi connectivity index (χ4v) is 5.89. The van der Waals surface area contributed by atoms with Crippen LogP contribution in [0.2, 0.25) is 0 Å². The van der Waals surface area contributed by atoms with E-state index >= 15 is 4.39 Å². The Bertz CT molecular complexity index is 1600. The van der Waals surface area contributed by atoms with Crippen molar-refractivity contribution in [1.29, 1.82) is 0 Å². The number of hydrogen-bond donors (Lipinski definition) is 1. The first-order valence-electron chi connectivity index (χ1n) is 11.6. The van der Waals surface area contributed by atoms with E-state index in [1.54, 1.807) is 22.9 Å². The molecule has 5 rings (SSSR count). The number of nitrogens with zero attached hydrogens (tertiary/aromatic N) is 5. The second-order valence-electron chi connectivity index (χ2n) is 8.78. The van der Waals surface area contributed by atoms with Gasteiger partial charge in [-0.15, -0.1) is 0 Å². The Morgan fingerprint density at radius 2 is 1.74 bits per heavy atom. The van der Waals surface area contributed by atoms with Crippen LogP contribution in [0.25, 0.3) is 0 Å². The third-order valence-electron chi connectivity index (χ3n) is 6.54. The molecule has 196 valence electrons. The zero-order chi connectivity index (χ0) is 27.1. The first-order valence-corrected chi connectivity index (χ1v) is 13.1. The van der Waals surface area contributed by atoms with E-state index in [0.29, 0.717) is 19.0 Å². The summed E-state index contributed by atoms with van der Waals surface area (Å²) in [6, 6.07) is 14.4. The van der Waals surface area contributed by atoms with E-state index in [4.69, 9.17) is 0 Å². The first kappa shape index (κ1) is 25.5. The molecular weight excluding hydrogens is 516 g/mol. The summed E-state index contributed by atoms with van der Waals surface area (Å²) in [4.78, 5) is 19.8. The lowest BCUT2D eigenvalue weighted by molar-refractivity contribution is -0.0993. The van der Waals surface area contributed by atoms with Crippen LogP contribution in [0.15, 0.2) is 89.2 Å². The van der Waals surface area contributed by atoms with Crippen molar-refractivity contribution < 1.29 is 27.1 Å². The molecule has 2 heterocycles. The molecule has 9 nitrogen and oxygen atoms in total. The van der Waals surface area contributed by atoms with Crippen LogP contribution in [-0.4, -0.2) is 52.7 Å². The van der Waals surface area contributed by atoms with Gasteiger partial charge in [-0.05, 0) is 48.9 Å². The lowest BCUT2D eigenvalue weighted by atomic mass is 9.98.